The van der Waals surface area contributed by atoms with E-state index in [-0.39, 0.29) is 0 Å². The summed E-state index contributed by atoms with van der Waals surface area (Å²) in [5, 5.41) is 3.38. The second-order valence-corrected chi connectivity index (χ2v) is 5.18. The third-order valence-corrected chi connectivity index (χ3v) is 3.87. The highest BCUT2D eigenvalue weighted by Crippen LogP contribution is 2.24. The van der Waals surface area contributed by atoms with Crippen molar-refractivity contribution < 1.29 is 4.79 Å². The molecule has 3 heteroatoms. The van der Waals surface area contributed by atoms with Gasteiger partial charge in [-0.2, -0.15) is 0 Å². The first-order chi connectivity index (χ1) is 7.86. The number of nitrogens with one attached hydrogen (secondary N) is 1. The van der Waals surface area contributed by atoms with Crippen molar-refractivity contribution in [1.82, 2.24) is 10.2 Å². The molecule has 0 amide bonds. The number of rotatable bonds is 3. The summed E-state index contributed by atoms with van der Waals surface area (Å²) in [6.07, 6.45) is 7.32. The molecule has 0 bridgehead atoms. The van der Waals surface area contributed by atoms with Crippen LogP contribution in [0, 0.1) is 5.92 Å². The summed E-state index contributed by atoms with van der Waals surface area (Å²) in [7, 11) is 0. The van der Waals surface area contributed by atoms with Crippen LogP contribution in [-0.4, -0.2) is 43.4 Å². The molecule has 0 spiro atoms. The van der Waals surface area contributed by atoms with E-state index in [0.717, 1.165) is 39.0 Å². The molecule has 2 aliphatic rings. The molecule has 1 heterocycles. The molecule has 1 aliphatic heterocycles. The van der Waals surface area contributed by atoms with Crippen molar-refractivity contribution in [1.29, 1.82) is 0 Å². The Morgan fingerprint density at radius 2 is 1.88 bits per heavy atom. The van der Waals surface area contributed by atoms with Crippen molar-refractivity contribution in [2.45, 2.75) is 38.5 Å². The van der Waals surface area contributed by atoms with Crippen molar-refractivity contribution in [3.8, 4) is 0 Å². The van der Waals surface area contributed by atoms with Gasteiger partial charge in [-0.05, 0) is 32.4 Å². The van der Waals surface area contributed by atoms with Crippen LogP contribution in [0.1, 0.15) is 38.5 Å². The Bertz CT molecular complexity index is 216. The van der Waals surface area contributed by atoms with Crippen LogP contribution in [-0.2, 0) is 4.79 Å². The van der Waals surface area contributed by atoms with E-state index >= 15 is 0 Å². The molecule has 1 saturated carbocycles. The summed E-state index contributed by atoms with van der Waals surface area (Å²) < 4.78 is 0. The number of hydrogen-bond acceptors (Lipinski definition) is 3. The molecule has 1 saturated heterocycles. The molecule has 1 aliphatic carbocycles. The minimum atomic E-state index is 0.380. The zero-order chi connectivity index (χ0) is 11.2. The lowest BCUT2D eigenvalue weighted by Gasteiger charge is -2.24. The summed E-state index contributed by atoms with van der Waals surface area (Å²) in [5.74, 6) is 0.881. The highest BCUT2D eigenvalue weighted by atomic mass is 16.1. The van der Waals surface area contributed by atoms with Crippen LogP contribution in [0.25, 0.3) is 0 Å². The van der Waals surface area contributed by atoms with Crippen LogP contribution in [0.5, 0.6) is 0 Å². The standard InChI is InChI=1S/C13H24N2O/c16-13(12-5-2-1-3-6-12)11-15-9-4-7-14-8-10-15/h12,14H,1-11H2. The Balaban J connectivity index is 1.76. The van der Waals surface area contributed by atoms with Crippen LogP contribution in [0.3, 0.4) is 0 Å². The second-order valence-electron chi connectivity index (χ2n) is 5.18. The fourth-order valence-electron chi connectivity index (χ4n) is 2.83. The first-order valence-corrected chi connectivity index (χ1v) is 6.82. The molecule has 2 rings (SSSR count). The fourth-order valence-corrected chi connectivity index (χ4v) is 2.83. The van der Waals surface area contributed by atoms with E-state index in [2.05, 4.69) is 10.2 Å². The van der Waals surface area contributed by atoms with E-state index in [1.54, 1.807) is 0 Å². The van der Waals surface area contributed by atoms with Gasteiger partial charge in [-0.25, -0.2) is 0 Å². The van der Waals surface area contributed by atoms with Crippen LogP contribution in [0.2, 0.25) is 0 Å². The van der Waals surface area contributed by atoms with Crippen molar-refractivity contribution >= 4 is 5.78 Å². The topological polar surface area (TPSA) is 32.3 Å². The Labute approximate surface area is 98.6 Å². The SMILES string of the molecule is O=C(CN1CCCNCC1)C1CCCCC1. The van der Waals surface area contributed by atoms with Crippen molar-refractivity contribution in [2.24, 2.45) is 5.92 Å². The Morgan fingerprint density at radius 3 is 2.69 bits per heavy atom. The van der Waals surface area contributed by atoms with E-state index in [1.807, 2.05) is 0 Å². The summed E-state index contributed by atoms with van der Waals surface area (Å²) in [4.78, 5) is 14.4. The maximum atomic E-state index is 12.1. The average molecular weight is 224 g/mol. The predicted molar refractivity (Wildman–Crippen MR) is 65.5 cm³/mol. The lowest BCUT2D eigenvalue weighted by molar-refractivity contribution is -0.124. The van der Waals surface area contributed by atoms with Gasteiger partial charge in [0.1, 0.15) is 5.78 Å². The molecule has 2 fully saturated rings. The van der Waals surface area contributed by atoms with E-state index < -0.39 is 0 Å². The van der Waals surface area contributed by atoms with Gasteiger partial charge in [0.25, 0.3) is 0 Å². The van der Waals surface area contributed by atoms with Gasteiger partial charge in [-0.15, -0.1) is 0 Å². The van der Waals surface area contributed by atoms with Crippen molar-refractivity contribution in [2.75, 3.05) is 32.7 Å². The minimum absolute atomic E-state index is 0.380. The van der Waals surface area contributed by atoms with Gasteiger partial charge in [0, 0.05) is 19.0 Å². The third kappa shape index (κ3) is 3.56. The molecule has 0 unspecified atom stereocenters. The molecule has 0 aromatic heterocycles. The summed E-state index contributed by atoms with van der Waals surface area (Å²) in [5.41, 5.74) is 0. The molecular formula is C13H24N2O. The number of hydrogen-bond donors (Lipinski definition) is 1. The van der Waals surface area contributed by atoms with Crippen molar-refractivity contribution in [3.63, 3.8) is 0 Å². The third-order valence-electron chi connectivity index (χ3n) is 3.87. The molecule has 1 N–H and O–H groups in total. The minimum Gasteiger partial charge on any atom is -0.315 e. The van der Waals surface area contributed by atoms with Crippen LogP contribution in [0.15, 0.2) is 0 Å². The molecule has 0 atom stereocenters. The van der Waals surface area contributed by atoms with Gasteiger partial charge in [-0.3, -0.25) is 9.69 Å². The van der Waals surface area contributed by atoms with Crippen LogP contribution >= 0.6 is 0 Å². The molecule has 3 nitrogen and oxygen atoms in total. The molecule has 92 valence electrons. The first-order valence-electron chi connectivity index (χ1n) is 6.82. The van der Waals surface area contributed by atoms with E-state index in [0.29, 0.717) is 18.2 Å². The number of carbonyl (C=O) groups excluding carboxylic acids is 1. The Hall–Kier alpha value is -0.410. The van der Waals surface area contributed by atoms with Crippen LogP contribution in [0.4, 0.5) is 0 Å². The molecular weight excluding hydrogens is 200 g/mol. The zero-order valence-electron chi connectivity index (χ0n) is 10.2. The van der Waals surface area contributed by atoms with Gasteiger partial charge >= 0.3 is 0 Å². The van der Waals surface area contributed by atoms with Gasteiger partial charge in [0.2, 0.25) is 0 Å². The van der Waals surface area contributed by atoms with Gasteiger partial charge in [0.05, 0.1) is 6.54 Å². The summed E-state index contributed by atoms with van der Waals surface area (Å²) in [6, 6.07) is 0. The average Bonchev–Trinajstić information content (AvgIpc) is 2.59. The Morgan fingerprint density at radius 1 is 1.06 bits per heavy atom. The maximum absolute atomic E-state index is 12.1. The van der Waals surface area contributed by atoms with Crippen LogP contribution < -0.4 is 5.32 Å². The highest BCUT2D eigenvalue weighted by Gasteiger charge is 2.22. The van der Waals surface area contributed by atoms with E-state index in [4.69, 9.17) is 0 Å². The quantitative estimate of drug-likeness (QED) is 0.787. The number of nitrogens with zero attached hydrogens (tertiary/aromatic N) is 1. The fraction of sp³-hybridized carbons (Fsp3) is 0.923. The molecule has 0 aromatic carbocycles. The molecule has 0 aromatic rings. The summed E-state index contributed by atoms with van der Waals surface area (Å²) in [6.45, 7) is 4.97. The predicted octanol–water partition coefficient (Wildman–Crippen LogP) is 1.43. The highest BCUT2D eigenvalue weighted by molar-refractivity contribution is 5.83. The van der Waals surface area contributed by atoms with Gasteiger partial charge in [0.15, 0.2) is 0 Å². The van der Waals surface area contributed by atoms with Gasteiger partial charge in [-0.1, -0.05) is 19.3 Å². The Kier molecular flexibility index (Phi) is 4.79. The lowest BCUT2D eigenvalue weighted by Crippen LogP contribution is -2.36. The normalized spacial score (nSPS) is 25.2. The summed E-state index contributed by atoms with van der Waals surface area (Å²) >= 11 is 0. The first kappa shape index (κ1) is 12.1. The van der Waals surface area contributed by atoms with Gasteiger partial charge < -0.3 is 5.32 Å². The zero-order valence-corrected chi connectivity index (χ0v) is 10.2. The monoisotopic (exact) mass is 224 g/mol. The number of Topliss-reactive ketones (excluding diaryl/α,β-unsaturated/α-hetero) is 1. The van der Waals surface area contributed by atoms with Crippen molar-refractivity contribution in [3.05, 3.63) is 0 Å². The largest absolute Gasteiger partial charge is 0.315 e. The number of ketones is 1. The van der Waals surface area contributed by atoms with E-state index in [9.17, 15) is 4.79 Å². The van der Waals surface area contributed by atoms with E-state index in [1.165, 1.54) is 25.7 Å². The smallest absolute Gasteiger partial charge is 0.149 e. The molecule has 0 radical (unpaired) electrons. The molecule has 16 heavy (non-hydrogen) atoms. The maximum Gasteiger partial charge on any atom is 0.149 e. The second kappa shape index (κ2) is 6.36. The lowest BCUT2D eigenvalue weighted by atomic mass is 9.86. The number of carbonyl (C=O) groups is 1.